The van der Waals surface area contributed by atoms with E-state index >= 15 is 0 Å². The summed E-state index contributed by atoms with van der Waals surface area (Å²) in [6.45, 7) is 2.22. The van der Waals surface area contributed by atoms with E-state index < -0.39 is 9.84 Å². The predicted molar refractivity (Wildman–Crippen MR) is 74.0 cm³/mol. The monoisotopic (exact) mass is 314 g/mol. The number of hydrogen-bond donors (Lipinski definition) is 1. The van der Waals surface area contributed by atoms with Crippen molar-refractivity contribution in [2.24, 2.45) is 5.73 Å². The Morgan fingerprint density at radius 2 is 2.25 bits per heavy atom. The Labute approximate surface area is 120 Å². The van der Waals surface area contributed by atoms with Gasteiger partial charge >= 0.3 is 0 Å². The molecule has 2 aromatic heterocycles. The first-order valence-electron chi connectivity index (χ1n) is 6.19. The largest absolute Gasteiger partial charge is 0.333 e. The molecule has 0 spiro atoms. The standard InChI is InChI=1S/C11H14N4O3S2/c1-6-9(19-8(4-12)13-6)11-14-10(15-18-11)7-2-3-20(16,17)5-7/h7H,2-5,12H2,1H3. The lowest BCUT2D eigenvalue weighted by Gasteiger charge is -1.97. The van der Waals surface area contributed by atoms with E-state index in [4.69, 9.17) is 10.3 Å². The predicted octanol–water partition coefficient (Wildman–Crippen LogP) is 0.862. The van der Waals surface area contributed by atoms with Gasteiger partial charge in [0.2, 0.25) is 0 Å². The fraction of sp³-hybridized carbons (Fsp3) is 0.545. The van der Waals surface area contributed by atoms with Gasteiger partial charge in [0.25, 0.3) is 5.89 Å². The second-order valence-corrected chi connectivity index (χ2v) is 8.10. The van der Waals surface area contributed by atoms with Crippen molar-refractivity contribution in [1.29, 1.82) is 0 Å². The zero-order valence-electron chi connectivity index (χ0n) is 10.9. The minimum absolute atomic E-state index is 0.0989. The van der Waals surface area contributed by atoms with Gasteiger partial charge < -0.3 is 10.3 Å². The van der Waals surface area contributed by atoms with Gasteiger partial charge in [0.05, 0.1) is 17.2 Å². The van der Waals surface area contributed by atoms with E-state index in [1.165, 1.54) is 11.3 Å². The Kier molecular flexibility index (Phi) is 3.35. The van der Waals surface area contributed by atoms with Crippen LogP contribution in [0.2, 0.25) is 0 Å². The van der Waals surface area contributed by atoms with Crippen LogP contribution in [0.3, 0.4) is 0 Å². The smallest absolute Gasteiger partial charge is 0.269 e. The first-order valence-corrected chi connectivity index (χ1v) is 8.83. The molecule has 3 rings (SSSR count). The number of thiazole rings is 1. The molecule has 0 radical (unpaired) electrons. The second-order valence-electron chi connectivity index (χ2n) is 4.78. The molecule has 1 saturated heterocycles. The fourth-order valence-corrected chi connectivity index (χ4v) is 4.83. The first kappa shape index (κ1) is 13.7. The molecular formula is C11H14N4O3S2. The molecule has 0 aliphatic carbocycles. The molecule has 0 saturated carbocycles. The summed E-state index contributed by atoms with van der Waals surface area (Å²) >= 11 is 1.42. The van der Waals surface area contributed by atoms with Crippen molar-refractivity contribution in [1.82, 2.24) is 15.1 Å². The van der Waals surface area contributed by atoms with Crippen LogP contribution in [0.15, 0.2) is 4.52 Å². The maximum absolute atomic E-state index is 11.5. The summed E-state index contributed by atoms with van der Waals surface area (Å²) in [5.41, 5.74) is 6.36. The molecule has 2 N–H and O–H groups in total. The zero-order chi connectivity index (χ0) is 14.3. The summed E-state index contributed by atoms with van der Waals surface area (Å²) in [6.07, 6.45) is 0.553. The van der Waals surface area contributed by atoms with Crippen molar-refractivity contribution in [2.45, 2.75) is 25.8 Å². The van der Waals surface area contributed by atoms with E-state index in [-0.39, 0.29) is 17.4 Å². The summed E-state index contributed by atoms with van der Waals surface area (Å²) < 4.78 is 28.2. The summed E-state index contributed by atoms with van der Waals surface area (Å²) in [5.74, 6) is 0.974. The Hall–Kier alpha value is -1.32. The first-order chi connectivity index (χ1) is 9.48. The average molecular weight is 314 g/mol. The molecule has 3 heterocycles. The van der Waals surface area contributed by atoms with E-state index in [9.17, 15) is 8.42 Å². The van der Waals surface area contributed by atoms with Crippen molar-refractivity contribution in [2.75, 3.05) is 11.5 Å². The van der Waals surface area contributed by atoms with Crippen LogP contribution >= 0.6 is 11.3 Å². The van der Waals surface area contributed by atoms with Gasteiger partial charge in [0.15, 0.2) is 15.7 Å². The molecule has 0 aromatic carbocycles. The third kappa shape index (κ3) is 2.48. The van der Waals surface area contributed by atoms with Gasteiger partial charge in [0.1, 0.15) is 9.88 Å². The summed E-state index contributed by atoms with van der Waals surface area (Å²) in [6, 6.07) is 0. The van der Waals surface area contributed by atoms with Gasteiger partial charge in [-0.05, 0) is 13.3 Å². The highest BCUT2D eigenvalue weighted by Crippen LogP contribution is 2.32. The number of hydrogen-bond acceptors (Lipinski definition) is 8. The molecule has 108 valence electrons. The molecule has 1 aliphatic rings. The second kappa shape index (κ2) is 4.90. The van der Waals surface area contributed by atoms with Crippen molar-refractivity contribution < 1.29 is 12.9 Å². The molecule has 1 aliphatic heterocycles. The van der Waals surface area contributed by atoms with Crippen LogP contribution in [0, 0.1) is 6.92 Å². The molecule has 0 amide bonds. The van der Waals surface area contributed by atoms with Gasteiger partial charge in [-0.3, -0.25) is 0 Å². The highest BCUT2D eigenvalue weighted by atomic mass is 32.2. The SMILES string of the molecule is Cc1nc(CN)sc1-c1nc(C2CCS(=O)(=O)C2)no1. The number of aryl methyl sites for hydroxylation is 1. The van der Waals surface area contributed by atoms with Crippen LogP contribution in [-0.4, -0.2) is 35.0 Å². The van der Waals surface area contributed by atoms with Crippen LogP contribution in [0.1, 0.15) is 28.9 Å². The van der Waals surface area contributed by atoms with Gasteiger partial charge in [-0.15, -0.1) is 11.3 Å². The maximum atomic E-state index is 11.5. The summed E-state index contributed by atoms with van der Waals surface area (Å²) in [5, 5.41) is 4.72. The number of nitrogens with two attached hydrogens (primary N) is 1. The quantitative estimate of drug-likeness (QED) is 0.894. The lowest BCUT2D eigenvalue weighted by molar-refractivity contribution is 0.418. The Morgan fingerprint density at radius 1 is 1.45 bits per heavy atom. The van der Waals surface area contributed by atoms with Gasteiger partial charge in [0, 0.05) is 12.5 Å². The van der Waals surface area contributed by atoms with Crippen LogP contribution in [0.5, 0.6) is 0 Å². The Bertz CT molecular complexity index is 735. The average Bonchev–Trinajstić information content (AvgIpc) is 3.07. The van der Waals surface area contributed by atoms with Crippen LogP contribution in [0.25, 0.3) is 10.8 Å². The lowest BCUT2D eigenvalue weighted by Crippen LogP contribution is -2.04. The Morgan fingerprint density at radius 3 is 2.85 bits per heavy atom. The van der Waals surface area contributed by atoms with Gasteiger partial charge in [-0.2, -0.15) is 4.98 Å². The maximum Gasteiger partial charge on any atom is 0.269 e. The fourth-order valence-electron chi connectivity index (χ4n) is 2.23. The summed E-state index contributed by atoms with van der Waals surface area (Å²) in [4.78, 5) is 9.43. The molecule has 1 atom stereocenters. The van der Waals surface area contributed by atoms with E-state index in [0.717, 1.165) is 15.6 Å². The number of nitrogens with zero attached hydrogens (tertiary/aromatic N) is 3. The van der Waals surface area contributed by atoms with Gasteiger partial charge in [-0.25, -0.2) is 13.4 Å². The van der Waals surface area contributed by atoms with Crippen molar-refractivity contribution in [3.05, 3.63) is 16.5 Å². The Balaban J connectivity index is 1.88. The van der Waals surface area contributed by atoms with E-state index in [1.54, 1.807) is 0 Å². The number of rotatable bonds is 3. The van der Waals surface area contributed by atoms with Gasteiger partial charge in [-0.1, -0.05) is 5.16 Å². The molecule has 20 heavy (non-hydrogen) atoms. The van der Waals surface area contributed by atoms with E-state index in [2.05, 4.69) is 15.1 Å². The van der Waals surface area contributed by atoms with Crippen molar-refractivity contribution in [3.63, 3.8) is 0 Å². The molecular weight excluding hydrogens is 300 g/mol. The topological polar surface area (TPSA) is 112 Å². The highest BCUT2D eigenvalue weighted by Gasteiger charge is 2.32. The van der Waals surface area contributed by atoms with Crippen molar-refractivity contribution in [3.8, 4) is 10.8 Å². The summed E-state index contributed by atoms with van der Waals surface area (Å²) in [7, 11) is -2.95. The number of sulfone groups is 1. The third-order valence-electron chi connectivity index (χ3n) is 3.25. The van der Waals surface area contributed by atoms with Crippen LogP contribution in [0.4, 0.5) is 0 Å². The number of aromatic nitrogens is 3. The van der Waals surface area contributed by atoms with Crippen LogP contribution < -0.4 is 5.73 Å². The highest BCUT2D eigenvalue weighted by molar-refractivity contribution is 7.91. The molecule has 0 bridgehead atoms. The van der Waals surface area contributed by atoms with Crippen molar-refractivity contribution >= 4 is 21.2 Å². The lowest BCUT2D eigenvalue weighted by atomic mass is 10.1. The molecule has 7 nitrogen and oxygen atoms in total. The van der Waals surface area contributed by atoms with Crippen LogP contribution in [-0.2, 0) is 16.4 Å². The third-order valence-corrected chi connectivity index (χ3v) is 6.18. The minimum Gasteiger partial charge on any atom is -0.333 e. The zero-order valence-corrected chi connectivity index (χ0v) is 12.5. The minimum atomic E-state index is -2.95. The molecule has 1 fully saturated rings. The molecule has 9 heteroatoms. The normalized spacial score (nSPS) is 21.4. The molecule has 1 unspecified atom stereocenters. The molecule has 2 aromatic rings. The van der Waals surface area contributed by atoms with E-state index in [1.807, 2.05) is 6.92 Å². The van der Waals surface area contributed by atoms with E-state index in [0.29, 0.717) is 24.7 Å².